The van der Waals surface area contributed by atoms with Crippen LogP contribution < -0.4 is 0 Å². The molecule has 2 atom stereocenters. The van der Waals surface area contributed by atoms with Crippen LogP contribution in [0.15, 0.2) is 36.5 Å². The maximum Gasteiger partial charge on any atom is 0.303 e. The fourth-order valence-electron chi connectivity index (χ4n) is 2.44. The van der Waals surface area contributed by atoms with Gasteiger partial charge >= 0.3 is 5.97 Å². The summed E-state index contributed by atoms with van der Waals surface area (Å²) < 4.78 is 5.65. The SMILES string of the molecule is CCCCC/C=C\C[C@@H]1O[C@H]1C/C=C\C/C=C\CCCC(=O)O. The normalized spacial score (nSPS) is 20.9. The molecule has 1 heterocycles. The van der Waals surface area contributed by atoms with Crippen LogP contribution in [0.1, 0.15) is 71.1 Å². The van der Waals surface area contributed by atoms with Crippen molar-refractivity contribution < 1.29 is 14.6 Å². The van der Waals surface area contributed by atoms with Gasteiger partial charge in [-0.2, -0.15) is 0 Å². The molecule has 0 spiro atoms. The van der Waals surface area contributed by atoms with Gasteiger partial charge in [0.25, 0.3) is 0 Å². The minimum absolute atomic E-state index is 0.258. The van der Waals surface area contributed by atoms with Gasteiger partial charge in [-0.05, 0) is 44.9 Å². The highest BCUT2D eigenvalue weighted by molar-refractivity contribution is 5.66. The van der Waals surface area contributed by atoms with Crippen LogP contribution in [0.4, 0.5) is 0 Å². The minimum Gasteiger partial charge on any atom is -0.481 e. The van der Waals surface area contributed by atoms with E-state index in [0.29, 0.717) is 12.2 Å². The lowest BCUT2D eigenvalue weighted by Gasteiger charge is -1.91. The van der Waals surface area contributed by atoms with Gasteiger partial charge in [0.2, 0.25) is 0 Å². The summed E-state index contributed by atoms with van der Waals surface area (Å²) in [6.07, 6.45) is 23.8. The molecule has 1 fully saturated rings. The Morgan fingerprint density at radius 2 is 1.52 bits per heavy atom. The second-order valence-electron chi connectivity index (χ2n) is 6.12. The van der Waals surface area contributed by atoms with Crippen molar-refractivity contribution in [2.45, 2.75) is 83.3 Å². The first-order valence-corrected chi connectivity index (χ1v) is 9.06. The van der Waals surface area contributed by atoms with E-state index in [1.165, 1.54) is 25.7 Å². The molecule has 1 N–H and O–H groups in total. The van der Waals surface area contributed by atoms with Gasteiger partial charge < -0.3 is 9.84 Å². The third kappa shape index (κ3) is 11.8. The Morgan fingerprint density at radius 3 is 2.22 bits per heavy atom. The van der Waals surface area contributed by atoms with Crippen molar-refractivity contribution in [3.63, 3.8) is 0 Å². The molecule has 1 aliphatic rings. The number of hydrogen-bond acceptors (Lipinski definition) is 2. The number of rotatable bonds is 14. The van der Waals surface area contributed by atoms with Gasteiger partial charge in [0.05, 0.1) is 12.2 Å². The van der Waals surface area contributed by atoms with Crippen molar-refractivity contribution in [3.05, 3.63) is 36.5 Å². The Morgan fingerprint density at radius 1 is 0.913 bits per heavy atom. The van der Waals surface area contributed by atoms with E-state index in [1.807, 2.05) is 0 Å². The first-order chi connectivity index (χ1) is 11.2. The Labute approximate surface area is 141 Å². The Kier molecular flexibility index (Phi) is 11.2. The summed E-state index contributed by atoms with van der Waals surface area (Å²) in [5.74, 6) is -0.715. The van der Waals surface area contributed by atoms with Gasteiger partial charge in [-0.3, -0.25) is 4.79 Å². The summed E-state index contributed by atoms with van der Waals surface area (Å²) in [5, 5.41) is 8.52. The summed E-state index contributed by atoms with van der Waals surface area (Å²) in [7, 11) is 0. The Bertz CT molecular complexity index is 396. The lowest BCUT2D eigenvalue weighted by molar-refractivity contribution is -0.137. The van der Waals surface area contributed by atoms with Crippen LogP contribution in [0.2, 0.25) is 0 Å². The molecule has 0 saturated carbocycles. The third-order valence-corrected chi connectivity index (χ3v) is 3.93. The molecular weight excluding hydrogens is 288 g/mol. The van der Waals surface area contributed by atoms with E-state index in [2.05, 4.69) is 43.4 Å². The molecule has 0 aromatic carbocycles. The molecule has 1 rings (SSSR count). The van der Waals surface area contributed by atoms with Crippen LogP contribution in [0.5, 0.6) is 0 Å². The van der Waals surface area contributed by atoms with E-state index in [-0.39, 0.29) is 6.42 Å². The van der Waals surface area contributed by atoms with Gasteiger partial charge in [0, 0.05) is 6.42 Å². The van der Waals surface area contributed by atoms with E-state index in [0.717, 1.165) is 32.1 Å². The first kappa shape index (κ1) is 19.7. The topological polar surface area (TPSA) is 49.8 Å². The average molecular weight is 320 g/mol. The fourth-order valence-corrected chi connectivity index (χ4v) is 2.44. The molecule has 1 saturated heterocycles. The second-order valence-corrected chi connectivity index (χ2v) is 6.12. The van der Waals surface area contributed by atoms with Crippen LogP contribution in [0.25, 0.3) is 0 Å². The number of carbonyl (C=O) groups is 1. The van der Waals surface area contributed by atoms with Crippen molar-refractivity contribution in [2.24, 2.45) is 0 Å². The van der Waals surface area contributed by atoms with E-state index in [9.17, 15) is 4.79 Å². The van der Waals surface area contributed by atoms with Crippen LogP contribution in [0, 0.1) is 0 Å². The Hall–Kier alpha value is -1.35. The van der Waals surface area contributed by atoms with Crippen molar-refractivity contribution in [2.75, 3.05) is 0 Å². The van der Waals surface area contributed by atoms with Gasteiger partial charge in [-0.15, -0.1) is 0 Å². The van der Waals surface area contributed by atoms with E-state index in [1.54, 1.807) is 0 Å². The molecule has 1 aliphatic heterocycles. The summed E-state index contributed by atoms with van der Waals surface area (Å²) in [6.45, 7) is 2.23. The van der Waals surface area contributed by atoms with Gasteiger partial charge in [-0.1, -0.05) is 56.2 Å². The standard InChI is InChI=1S/C20H32O3/c1-2-3-4-5-9-12-15-18-19(23-18)16-13-10-7-6-8-11-14-17-20(21)22/h6,8-10,12-13,18-19H,2-5,7,11,14-17H2,1H3,(H,21,22)/b8-6-,12-9-,13-10-/t18-,19-/m0/s1. The maximum absolute atomic E-state index is 10.3. The molecule has 130 valence electrons. The molecule has 0 aromatic rings. The van der Waals surface area contributed by atoms with E-state index < -0.39 is 5.97 Å². The second kappa shape index (κ2) is 13.1. The fraction of sp³-hybridized carbons (Fsp3) is 0.650. The number of carboxylic acids is 1. The van der Waals surface area contributed by atoms with Crippen molar-refractivity contribution >= 4 is 5.97 Å². The zero-order valence-electron chi connectivity index (χ0n) is 14.5. The number of carboxylic acid groups (broad SMARTS) is 1. The van der Waals surface area contributed by atoms with Crippen molar-refractivity contribution in [1.29, 1.82) is 0 Å². The lowest BCUT2D eigenvalue weighted by atomic mass is 10.1. The number of hydrogen-bond donors (Lipinski definition) is 1. The monoisotopic (exact) mass is 320 g/mol. The highest BCUT2D eigenvalue weighted by Gasteiger charge is 2.35. The molecular formula is C20H32O3. The zero-order valence-corrected chi connectivity index (χ0v) is 14.5. The quantitative estimate of drug-likeness (QED) is 0.264. The van der Waals surface area contributed by atoms with Crippen LogP contribution in [0.3, 0.4) is 0 Å². The maximum atomic E-state index is 10.3. The molecule has 3 nitrogen and oxygen atoms in total. The summed E-state index contributed by atoms with van der Waals surface area (Å²) in [6, 6.07) is 0. The summed E-state index contributed by atoms with van der Waals surface area (Å²) >= 11 is 0. The highest BCUT2D eigenvalue weighted by atomic mass is 16.6. The predicted molar refractivity (Wildman–Crippen MR) is 95.6 cm³/mol. The Balaban J connectivity index is 1.92. The van der Waals surface area contributed by atoms with E-state index in [4.69, 9.17) is 9.84 Å². The number of aliphatic carboxylic acids is 1. The first-order valence-electron chi connectivity index (χ1n) is 9.06. The number of allylic oxidation sites excluding steroid dienone is 4. The smallest absolute Gasteiger partial charge is 0.303 e. The lowest BCUT2D eigenvalue weighted by Crippen LogP contribution is -1.92. The van der Waals surface area contributed by atoms with E-state index >= 15 is 0 Å². The largest absolute Gasteiger partial charge is 0.481 e. The number of ether oxygens (including phenoxy) is 1. The third-order valence-electron chi connectivity index (χ3n) is 3.93. The zero-order chi connectivity index (χ0) is 16.8. The summed E-state index contributed by atoms with van der Waals surface area (Å²) in [4.78, 5) is 10.3. The van der Waals surface area contributed by atoms with Crippen LogP contribution in [-0.4, -0.2) is 23.3 Å². The highest BCUT2D eigenvalue weighted by Crippen LogP contribution is 2.29. The molecule has 23 heavy (non-hydrogen) atoms. The molecule has 3 heteroatoms. The van der Waals surface area contributed by atoms with Gasteiger partial charge in [-0.25, -0.2) is 0 Å². The van der Waals surface area contributed by atoms with Gasteiger partial charge in [0.15, 0.2) is 0 Å². The molecule has 0 aliphatic carbocycles. The number of unbranched alkanes of at least 4 members (excludes halogenated alkanes) is 4. The average Bonchev–Trinajstić information content (AvgIpc) is 3.27. The van der Waals surface area contributed by atoms with Crippen molar-refractivity contribution in [1.82, 2.24) is 0 Å². The summed E-state index contributed by atoms with van der Waals surface area (Å²) in [5.41, 5.74) is 0. The predicted octanol–water partition coefficient (Wildman–Crippen LogP) is 5.43. The van der Waals surface area contributed by atoms with Crippen molar-refractivity contribution in [3.8, 4) is 0 Å². The minimum atomic E-state index is -0.715. The number of epoxide rings is 1. The molecule has 0 bridgehead atoms. The molecule has 0 amide bonds. The van der Waals surface area contributed by atoms with Crippen LogP contribution in [-0.2, 0) is 9.53 Å². The molecule has 0 radical (unpaired) electrons. The van der Waals surface area contributed by atoms with Crippen LogP contribution >= 0.6 is 0 Å². The van der Waals surface area contributed by atoms with Gasteiger partial charge in [0.1, 0.15) is 0 Å². The molecule has 0 aromatic heterocycles. The molecule has 0 unspecified atom stereocenters.